The van der Waals surface area contributed by atoms with Crippen LogP contribution in [-0.2, 0) is 21.4 Å². The summed E-state index contributed by atoms with van der Waals surface area (Å²) in [6, 6.07) is 2.51. The summed E-state index contributed by atoms with van der Waals surface area (Å²) < 4.78 is 51.7. The van der Waals surface area contributed by atoms with E-state index in [2.05, 4.69) is 20.4 Å². The van der Waals surface area contributed by atoms with E-state index in [9.17, 15) is 32.3 Å². The van der Waals surface area contributed by atoms with Crippen molar-refractivity contribution in [3.05, 3.63) is 36.5 Å². The first-order chi connectivity index (χ1) is 19.4. The number of carbonyl (C=O) groups is 4. The molecule has 0 radical (unpaired) electrons. The monoisotopic (exact) mass is 591 g/mol. The highest BCUT2D eigenvalue weighted by Gasteiger charge is 2.48. The molecule has 4 heterocycles. The summed E-state index contributed by atoms with van der Waals surface area (Å²) in [5, 5.41) is 6.80. The molecule has 1 saturated heterocycles. The minimum atomic E-state index is -4.75. The van der Waals surface area contributed by atoms with Gasteiger partial charge >= 0.3 is 12.3 Å². The van der Waals surface area contributed by atoms with Crippen LogP contribution in [-0.4, -0.2) is 68.3 Å². The zero-order valence-corrected chi connectivity index (χ0v) is 23.6. The molecule has 0 bridgehead atoms. The second-order valence-electron chi connectivity index (χ2n) is 11.1. The minimum absolute atomic E-state index is 0.0733. The first kappa shape index (κ1) is 30.2. The van der Waals surface area contributed by atoms with E-state index in [-0.39, 0.29) is 46.8 Å². The van der Waals surface area contributed by atoms with Gasteiger partial charge in [-0.05, 0) is 46.8 Å². The first-order valence-corrected chi connectivity index (χ1v) is 12.6. The molecular formula is C26H28F3N7O6. The number of anilines is 3. The lowest BCUT2D eigenvalue weighted by atomic mass is 9.91. The van der Waals surface area contributed by atoms with E-state index < -0.39 is 41.6 Å². The Labute approximate surface area is 237 Å². The number of hydrogen-bond donors (Lipinski definition) is 1. The molecule has 1 N–H and O–H groups in total. The van der Waals surface area contributed by atoms with E-state index in [0.717, 1.165) is 18.5 Å². The topological polar surface area (TPSA) is 153 Å². The number of halogens is 3. The predicted molar refractivity (Wildman–Crippen MR) is 142 cm³/mol. The van der Waals surface area contributed by atoms with Crippen molar-refractivity contribution in [3.8, 4) is 11.5 Å². The average molecular weight is 592 g/mol. The van der Waals surface area contributed by atoms with Crippen LogP contribution < -0.4 is 15.1 Å². The first-order valence-electron chi connectivity index (χ1n) is 12.6. The maximum absolute atomic E-state index is 13.3. The van der Waals surface area contributed by atoms with Gasteiger partial charge in [0, 0.05) is 18.8 Å². The van der Waals surface area contributed by atoms with Gasteiger partial charge < -0.3 is 14.5 Å². The number of rotatable bonds is 6. The number of nitrogens with zero attached hydrogens (tertiary/aromatic N) is 6. The number of pyridine rings is 1. The van der Waals surface area contributed by atoms with Crippen LogP contribution in [0.4, 0.5) is 35.3 Å². The van der Waals surface area contributed by atoms with Crippen molar-refractivity contribution >= 4 is 41.0 Å². The van der Waals surface area contributed by atoms with Gasteiger partial charge in [0.2, 0.25) is 11.8 Å². The number of carbonyl (C=O) groups excluding carboxylic acids is 4. The molecule has 3 amide bonds. The molecule has 1 fully saturated rings. The number of Topliss-reactive ketones (excluding diaryl/α,β-unsaturated/α-hetero) is 1. The molecule has 3 aromatic rings. The Morgan fingerprint density at radius 3 is 2.50 bits per heavy atom. The largest absolute Gasteiger partial charge is 0.444 e. The summed E-state index contributed by atoms with van der Waals surface area (Å²) in [4.78, 5) is 60.2. The Bertz CT molecular complexity index is 1550. The maximum Gasteiger partial charge on any atom is 0.416 e. The van der Waals surface area contributed by atoms with E-state index in [0.29, 0.717) is 4.90 Å². The number of ketones is 1. The third kappa shape index (κ3) is 6.42. The smallest absolute Gasteiger partial charge is 0.416 e. The molecule has 224 valence electrons. The molecule has 0 spiro atoms. The van der Waals surface area contributed by atoms with Gasteiger partial charge in [-0.1, -0.05) is 0 Å². The second kappa shape index (κ2) is 10.6. The molecule has 0 aliphatic carbocycles. The van der Waals surface area contributed by atoms with Crippen molar-refractivity contribution in [2.24, 2.45) is 12.5 Å². The molecule has 3 aromatic heterocycles. The van der Waals surface area contributed by atoms with E-state index in [1.807, 2.05) is 0 Å². The van der Waals surface area contributed by atoms with Gasteiger partial charge in [-0.25, -0.2) is 14.8 Å². The summed E-state index contributed by atoms with van der Waals surface area (Å²) in [5.74, 6) is -1.97. The quantitative estimate of drug-likeness (QED) is 0.420. The van der Waals surface area contributed by atoms with E-state index in [1.165, 1.54) is 56.5 Å². The summed E-state index contributed by atoms with van der Waals surface area (Å²) in [6.07, 6.45) is -2.39. The van der Waals surface area contributed by atoms with Gasteiger partial charge in [-0.3, -0.25) is 28.9 Å². The molecule has 16 heteroatoms. The molecule has 1 aliphatic heterocycles. The number of aryl methyl sites for hydroxylation is 1. The number of nitrogens with one attached hydrogen (secondary N) is 1. The van der Waals surface area contributed by atoms with Crippen LogP contribution >= 0.6 is 0 Å². The van der Waals surface area contributed by atoms with Gasteiger partial charge in [0.25, 0.3) is 5.91 Å². The third-order valence-corrected chi connectivity index (χ3v) is 6.05. The highest BCUT2D eigenvalue weighted by Crippen LogP contribution is 2.35. The summed E-state index contributed by atoms with van der Waals surface area (Å²) in [7, 11) is 1.57. The predicted octanol–water partition coefficient (Wildman–Crippen LogP) is 3.97. The average Bonchev–Trinajstić information content (AvgIpc) is 3.55. The Hall–Kier alpha value is -4.76. The molecule has 0 atom stereocenters. The lowest BCUT2D eigenvalue weighted by Crippen LogP contribution is -2.42. The SMILES string of the molecule is Cn1cc(NC(=O)c2coc(-c3ccnc(N(CC(F)(F)F)C(=O)OC(C)(C)C)c3)n2)c(N2CC(=O)C(C)(C)C2=O)n1. The fourth-order valence-corrected chi connectivity index (χ4v) is 3.94. The number of hydrogen-bond acceptors (Lipinski definition) is 9. The van der Waals surface area contributed by atoms with Gasteiger partial charge in [0.15, 0.2) is 17.3 Å². The molecule has 1 aliphatic rings. The summed E-state index contributed by atoms with van der Waals surface area (Å²) in [6.45, 7) is 5.69. The Balaban J connectivity index is 1.57. The third-order valence-electron chi connectivity index (χ3n) is 6.05. The lowest BCUT2D eigenvalue weighted by Gasteiger charge is -2.27. The highest BCUT2D eigenvalue weighted by molar-refractivity contribution is 6.21. The van der Waals surface area contributed by atoms with E-state index in [1.54, 1.807) is 7.05 Å². The van der Waals surface area contributed by atoms with Crippen LogP contribution in [0.5, 0.6) is 0 Å². The van der Waals surface area contributed by atoms with Gasteiger partial charge in [0.05, 0.1) is 12.7 Å². The maximum atomic E-state index is 13.3. The highest BCUT2D eigenvalue weighted by atomic mass is 19.4. The molecule has 4 rings (SSSR count). The molecule has 0 saturated carbocycles. The van der Waals surface area contributed by atoms with E-state index in [4.69, 9.17) is 9.15 Å². The summed E-state index contributed by atoms with van der Waals surface area (Å²) in [5.41, 5.74) is -2.24. The number of oxazole rings is 1. The molecule has 13 nitrogen and oxygen atoms in total. The second-order valence-corrected chi connectivity index (χ2v) is 11.1. The van der Waals surface area contributed by atoms with Crippen LogP contribution in [0.1, 0.15) is 45.1 Å². The van der Waals surface area contributed by atoms with Crippen LogP contribution in [0.15, 0.2) is 35.2 Å². The van der Waals surface area contributed by atoms with Crippen molar-refractivity contribution in [1.82, 2.24) is 19.7 Å². The zero-order valence-electron chi connectivity index (χ0n) is 23.6. The van der Waals surface area contributed by atoms with Crippen LogP contribution in [0.2, 0.25) is 0 Å². The van der Waals surface area contributed by atoms with Crippen molar-refractivity contribution in [1.29, 1.82) is 0 Å². The Morgan fingerprint density at radius 2 is 1.90 bits per heavy atom. The number of aromatic nitrogens is 4. The van der Waals surface area contributed by atoms with Crippen LogP contribution in [0.3, 0.4) is 0 Å². The molecule has 42 heavy (non-hydrogen) atoms. The lowest BCUT2D eigenvalue weighted by molar-refractivity contribution is -0.132. The number of amides is 3. The number of ether oxygens (including phenoxy) is 1. The summed E-state index contributed by atoms with van der Waals surface area (Å²) >= 11 is 0. The fraction of sp³-hybridized carbons (Fsp3) is 0.423. The van der Waals surface area contributed by atoms with Crippen LogP contribution in [0.25, 0.3) is 11.5 Å². The minimum Gasteiger partial charge on any atom is -0.444 e. The number of alkyl halides is 3. The van der Waals surface area contributed by atoms with Crippen molar-refractivity contribution in [2.45, 2.75) is 46.4 Å². The van der Waals surface area contributed by atoms with Gasteiger partial charge in [-0.2, -0.15) is 18.3 Å². The zero-order chi connectivity index (χ0) is 31.2. The van der Waals surface area contributed by atoms with Crippen molar-refractivity contribution in [3.63, 3.8) is 0 Å². The van der Waals surface area contributed by atoms with E-state index >= 15 is 0 Å². The fourth-order valence-electron chi connectivity index (χ4n) is 3.94. The Kier molecular flexibility index (Phi) is 7.60. The van der Waals surface area contributed by atoms with Crippen molar-refractivity contribution < 1.29 is 41.5 Å². The molecule has 0 unspecified atom stereocenters. The molecular weight excluding hydrogens is 563 g/mol. The Morgan fingerprint density at radius 1 is 1.21 bits per heavy atom. The standard InChI is InChI=1S/C26H28F3N7O6/c1-24(2,3)42-23(40)36(13-26(27,28)29)18-9-14(7-8-30-18)21-32-16(12-41-21)20(38)31-15-10-34(6)33-19(15)35-11-17(37)25(4,5)22(35)39/h7-10,12H,11,13H2,1-6H3,(H,31,38). The molecule has 0 aromatic carbocycles. The van der Waals surface area contributed by atoms with Gasteiger partial charge in [0.1, 0.15) is 35.3 Å². The van der Waals surface area contributed by atoms with Crippen molar-refractivity contribution in [2.75, 3.05) is 28.2 Å². The normalized spacial score (nSPS) is 15.2. The van der Waals surface area contributed by atoms with Crippen LogP contribution in [0, 0.1) is 5.41 Å². The van der Waals surface area contributed by atoms with Gasteiger partial charge in [-0.15, -0.1) is 0 Å².